The van der Waals surface area contributed by atoms with Crippen LogP contribution in [0.5, 0.6) is 5.88 Å². The van der Waals surface area contributed by atoms with E-state index in [1.165, 1.54) is 11.6 Å². The zero-order valence-electron chi connectivity index (χ0n) is 15.0. The predicted molar refractivity (Wildman–Crippen MR) is 96.7 cm³/mol. The van der Waals surface area contributed by atoms with E-state index in [4.69, 9.17) is 4.74 Å². The van der Waals surface area contributed by atoms with Crippen LogP contribution in [0.2, 0.25) is 0 Å². The Balaban J connectivity index is 2.05. The van der Waals surface area contributed by atoms with E-state index in [9.17, 15) is 18.0 Å². The maximum atomic E-state index is 13.2. The van der Waals surface area contributed by atoms with Crippen molar-refractivity contribution in [2.75, 3.05) is 26.5 Å². The molecule has 27 heavy (non-hydrogen) atoms. The Morgan fingerprint density at radius 1 is 1.37 bits per heavy atom. The molecule has 2 aromatic rings. The van der Waals surface area contributed by atoms with E-state index in [0.29, 0.717) is 36.2 Å². The molecule has 6 nitrogen and oxygen atoms in total. The maximum Gasteiger partial charge on any atom is 0.435 e. The van der Waals surface area contributed by atoms with Crippen LogP contribution in [0.25, 0.3) is 5.52 Å². The van der Waals surface area contributed by atoms with Crippen LogP contribution in [0.1, 0.15) is 36.6 Å². The fourth-order valence-electron chi connectivity index (χ4n) is 3.43. The van der Waals surface area contributed by atoms with E-state index in [1.807, 2.05) is 0 Å². The zero-order valence-corrected chi connectivity index (χ0v) is 15.9. The van der Waals surface area contributed by atoms with Crippen LogP contribution >= 0.6 is 12.6 Å². The second kappa shape index (κ2) is 7.59. The summed E-state index contributed by atoms with van der Waals surface area (Å²) >= 11 is 4.18. The summed E-state index contributed by atoms with van der Waals surface area (Å²) in [5, 5.41) is 7.12. The van der Waals surface area contributed by atoms with Gasteiger partial charge in [0.2, 0.25) is 11.8 Å². The normalized spacial score (nSPS) is 19.1. The molecule has 1 atom stereocenters. The Kier molecular flexibility index (Phi) is 5.57. The first-order valence-corrected chi connectivity index (χ1v) is 9.19. The molecule has 10 heteroatoms. The highest BCUT2D eigenvalue weighted by Crippen LogP contribution is 2.37. The molecule has 3 heterocycles. The van der Waals surface area contributed by atoms with Gasteiger partial charge in [0, 0.05) is 26.1 Å². The lowest BCUT2D eigenvalue weighted by atomic mass is 9.98. The first kappa shape index (κ1) is 19.8. The number of methoxy groups -OCH3 is 1. The van der Waals surface area contributed by atoms with Crippen molar-refractivity contribution in [1.82, 2.24) is 19.6 Å². The van der Waals surface area contributed by atoms with Crippen LogP contribution < -0.4 is 4.74 Å². The van der Waals surface area contributed by atoms with Gasteiger partial charge >= 0.3 is 6.18 Å². The van der Waals surface area contributed by atoms with Gasteiger partial charge in [0.15, 0.2) is 5.69 Å². The van der Waals surface area contributed by atoms with Gasteiger partial charge in [-0.05, 0) is 36.3 Å². The van der Waals surface area contributed by atoms with Gasteiger partial charge in [0.25, 0.3) is 0 Å². The summed E-state index contributed by atoms with van der Waals surface area (Å²) in [6.45, 7) is 0.523. The molecule has 1 unspecified atom stereocenters. The average Bonchev–Trinajstić information content (AvgIpc) is 3.07. The van der Waals surface area contributed by atoms with Gasteiger partial charge in [-0.2, -0.15) is 30.9 Å². The molecular formula is C17H21F3N4O2S. The molecule has 0 aliphatic carbocycles. The van der Waals surface area contributed by atoms with Gasteiger partial charge in [-0.25, -0.2) is 9.52 Å². The second-order valence-electron chi connectivity index (χ2n) is 6.38. The van der Waals surface area contributed by atoms with Crippen molar-refractivity contribution in [2.24, 2.45) is 0 Å². The SMILES string of the molecule is COc1ccc(C2CCC(=O)N(CCCS)N2C)c2cc(C(F)(F)F)nn12. The number of alkyl halides is 3. The lowest BCUT2D eigenvalue weighted by molar-refractivity contribution is -0.159. The lowest BCUT2D eigenvalue weighted by Gasteiger charge is -2.42. The molecule has 0 N–H and O–H groups in total. The summed E-state index contributed by atoms with van der Waals surface area (Å²) in [7, 11) is 3.16. The highest BCUT2D eigenvalue weighted by Gasteiger charge is 2.37. The molecular weight excluding hydrogens is 381 g/mol. The third-order valence-electron chi connectivity index (χ3n) is 4.76. The highest BCUT2D eigenvalue weighted by atomic mass is 32.1. The topological polar surface area (TPSA) is 50.1 Å². The molecule has 0 saturated carbocycles. The number of hydrazine groups is 1. The van der Waals surface area contributed by atoms with E-state index >= 15 is 0 Å². The standard InChI is InChI=1S/C17H21F3N4O2S/c1-22-12(5-6-15(25)23(22)8-3-9-27)11-4-7-16(26-2)24-13(11)10-14(21-24)17(18,19)20/h4,7,10,12,27H,3,5-6,8-9H2,1-2H3. The van der Waals surface area contributed by atoms with E-state index in [0.717, 1.165) is 12.5 Å². The van der Waals surface area contributed by atoms with Crippen LogP contribution in [0.15, 0.2) is 18.2 Å². The number of fused-ring (bicyclic) bond motifs is 1. The number of pyridine rings is 1. The summed E-state index contributed by atoms with van der Waals surface area (Å²) in [4.78, 5) is 12.3. The summed E-state index contributed by atoms with van der Waals surface area (Å²) < 4.78 is 45.9. The van der Waals surface area contributed by atoms with Gasteiger partial charge in [0.1, 0.15) is 0 Å². The Labute approximate surface area is 160 Å². The Morgan fingerprint density at radius 2 is 2.11 bits per heavy atom. The number of rotatable bonds is 5. The van der Waals surface area contributed by atoms with Gasteiger partial charge < -0.3 is 4.74 Å². The number of hydrogen-bond donors (Lipinski definition) is 1. The van der Waals surface area contributed by atoms with Crippen molar-refractivity contribution in [1.29, 1.82) is 0 Å². The number of nitrogens with zero attached hydrogens (tertiary/aromatic N) is 4. The minimum atomic E-state index is -4.55. The molecule has 0 radical (unpaired) electrons. The minimum absolute atomic E-state index is 0.00422. The number of thiol groups is 1. The van der Waals surface area contributed by atoms with E-state index in [1.54, 1.807) is 29.2 Å². The predicted octanol–water partition coefficient (Wildman–Crippen LogP) is 3.19. The van der Waals surface area contributed by atoms with Crippen LogP contribution in [0.4, 0.5) is 13.2 Å². The Bertz CT molecular complexity index is 839. The van der Waals surface area contributed by atoms with Crippen LogP contribution in [0, 0.1) is 0 Å². The van der Waals surface area contributed by atoms with Crippen LogP contribution in [-0.2, 0) is 11.0 Å². The van der Waals surface area contributed by atoms with Gasteiger partial charge in [-0.1, -0.05) is 0 Å². The molecule has 0 aromatic carbocycles. The number of amides is 1. The van der Waals surface area contributed by atoms with E-state index < -0.39 is 11.9 Å². The first-order chi connectivity index (χ1) is 12.8. The molecule has 1 fully saturated rings. The fourth-order valence-corrected chi connectivity index (χ4v) is 3.57. The molecule has 0 bridgehead atoms. The monoisotopic (exact) mass is 402 g/mol. The molecule has 1 amide bonds. The quantitative estimate of drug-likeness (QED) is 0.781. The van der Waals surface area contributed by atoms with Crippen molar-refractivity contribution < 1.29 is 22.7 Å². The smallest absolute Gasteiger partial charge is 0.435 e. The second-order valence-corrected chi connectivity index (χ2v) is 6.82. The zero-order chi connectivity index (χ0) is 19.8. The minimum Gasteiger partial charge on any atom is -0.481 e. The Hall–Kier alpha value is -1.94. The largest absolute Gasteiger partial charge is 0.481 e. The first-order valence-electron chi connectivity index (χ1n) is 8.55. The van der Waals surface area contributed by atoms with Gasteiger partial charge in [-0.3, -0.25) is 9.80 Å². The van der Waals surface area contributed by atoms with Crippen LogP contribution in [-0.4, -0.2) is 52.0 Å². The van der Waals surface area contributed by atoms with E-state index in [-0.39, 0.29) is 17.8 Å². The average molecular weight is 402 g/mol. The number of halogens is 3. The summed E-state index contributed by atoms with van der Waals surface area (Å²) in [5.41, 5.74) is 0.0152. The van der Waals surface area contributed by atoms with Crippen molar-refractivity contribution >= 4 is 24.1 Å². The molecule has 2 aromatic heterocycles. The fraction of sp³-hybridized carbons (Fsp3) is 0.529. The summed E-state index contributed by atoms with van der Waals surface area (Å²) in [6.07, 6.45) is -2.97. The molecule has 1 aliphatic heterocycles. The third-order valence-corrected chi connectivity index (χ3v) is 5.07. The molecule has 1 saturated heterocycles. The summed E-state index contributed by atoms with van der Waals surface area (Å²) in [6, 6.07) is 4.12. The number of carbonyl (C=O) groups is 1. The van der Waals surface area contributed by atoms with Crippen molar-refractivity contribution in [2.45, 2.75) is 31.5 Å². The molecule has 0 spiro atoms. The number of aromatic nitrogens is 2. The number of hydrogen-bond acceptors (Lipinski definition) is 5. The van der Waals surface area contributed by atoms with Crippen molar-refractivity contribution in [3.63, 3.8) is 0 Å². The molecule has 148 valence electrons. The molecule has 1 aliphatic rings. The van der Waals surface area contributed by atoms with Gasteiger partial charge in [0.05, 0.1) is 18.7 Å². The Morgan fingerprint density at radius 3 is 2.74 bits per heavy atom. The number of carbonyl (C=O) groups excluding carboxylic acids is 1. The van der Waals surface area contributed by atoms with Gasteiger partial charge in [-0.15, -0.1) is 0 Å². The van der Waals surface area contributed by atoms with Crippen LogP contribution in [0.3, 0.4) is 0 Å². The lowest BCUT2D eigenvalue weighted by Crippen LogP contribution is -2.50. The van der Waals surface area contributed by atoms with Crippen molar-refractivity contribution in [3.05, 3.63) is 29.5 Å². The third kappa shape index (κ3) is 3.73. The van der Waals surface area contributed by atoms with E-state index in [2.05, 4.69) is 17.7 Å². The molecule has 3 rings (SSSR count). The summed E-state index contributed by atoms with van der Waals surface area (Å²) in [5.74, 6) is 0.863. The van der Waals surface area contributed by atoms with Crippen molar-refractivity contribution in [3.8, 4) is 5.88 Å². The highest BCUT2D eigenvalue weighted by molar-refractivity contribution is 7.80. The number of ether oxygens (including phenoxy) is 1. The maximum absolute atomic E-state index is 13.2.